The summed E-state index contributed by atoms with van der Waals surface area (Å²) in [5.74, 6) is 0. The maximum absolute atomic E-state index is 11.0. The summed E-state index contributed by atoms with van der Waals surface area (Å²) >= 11 is 0. The molecule has 0 spiro atoms. The molecule has 0 saturated carbocycles. The van der Waals surface area contributed by atoms with Crippen molar-refractivity contribution in [1.29, 1.82) is 5.26 Å². The number of hydrogen-bond donors (Lipinski definition) is 0. The van der Waals surface area contributed by atoms with Crippen molar-refractivity contribution in [3.63, 3.8) is 0 Å². The minimum atomic E-state index is -4.12. The molecule has 0 atom stereocenters. The molecule has 0 aliphatic rings. The van der Waals surface area contributed by atoms with Gasteiger partial charge in [0.15, 0.2) is 0 Å². The lowest BCUT2D eigenvalue weighted by molar-refractivity contribution is 0.608. The first-order chi connectivity index (χ1) is 7.14. The molecule has 86 valence electrons. The first kappa shape index (κ1) is 13.3. The van der Waals surface area contributed by atoms with Crippen LogP contribution < -0.4 is 0 Å². The summed E-state index contributed by atoms with van der Waals surface area (Å²) < 4.78 is 44.0. The molecule has 1 aromatic rings. The zero-order chi connectivity index (χ0) is 12.6. The zero-order valence-corrected chi connectivity index (χ0v) is 10.5. The first-order valence-corrected chi connectivity index (χ1v) is 8.21. The van der Waals surface area contributed by atoms with E-state index in [1.54, 1.807) is 6.07 Å². The summed E-state index contributed by atoms with van der Waals surface area (Å²) in [7, 11) is 1.83. The van der Waals surface area contributed by atoms with Crippen LogP contribution in [0.5, 0.6) is 0 Å². The number of hydrogen-bond acceptors (Lipinski definition) is 5. The fourth-order valence-electron chi connectivity index (χ4n) is 0.918. The average Bonchev–Trinajstić information content (AvgIpc) is 2.14. The number of nitriles is 1. The third-order valence-electron chi connectivity index (χ3n) is 1.57. The van der Waals surface area contributed by atoms with E-state index in [1.807, 2.05) is 0 Å². The van der Waals surface area contributed by atoms with Crippen LogP contribution in [0.25, 0.3) is 0 Å². The van der Waals surface area contributed by atoms with E-state index in [0.29, 0.717) is 0 Å². The van der Waals surface area contributed by atoms with Crippen molar-refractivity contribution < 1.29 is 16.8 Å². The molecule has 0 saturated heterocycles. The summed E-state index contributed by atoms with van der Waals surface area (Å²) in [4.78, 5) is -0.986. The molecule has 0 amide bonds. The Bertz CT molecular complexity index is 623. The molecule has 0 fully saturated rings. The second-order valence-electron chi connectivity index (χ2n) is 2.68. The van der Waals surface area contributed by atoms with Crippen LogP contribution in [0, 0.1) is 11.3 Å². The van der Waals surface area contributed by atoms with Crippen LogP contribution in [0.1, 0.15) is 5.56 Å². The van der Waals surface area contributed by atoms with E-state index >= 15 is 0 Å². The zero-order valence-electron chi connectivity index (χ0n) is 7.38. The molecular weight excluding hydrogens is 297 g/mol. The van der Waals surface area contributed by atoms with E-state index < -0.39 is 27.9 Å². The van der Waals surface area contributed by atoms with Crippen LogP contribution in [0.3, 0.4) is 0 Å². The molecule has 0 aliphatic carbocycles. The Balaban J connectivity index is 3.66. The van der Waals surface area contributed by atoms with Crippen molar-refractivity contribution in [1.82, 2.24) is 0 Å². The van der Waals surface area contributed by atoms with Crippen molar-refractivity contribution >= 4 is 39.5 Å². The van der Waals surface area contributed by atoms with Gasteiger partial charge in [0.05, 0.1) is 21.4 Å². The normalized spacial score (nSPS) is 12.1. The molecule has 0 aromatic heterocycles. The van der Waals surface area contributed by atoms with Crippen LogP contribution in [-0.2, 0) is 18.1 Å². The third kappa shape index (κ3) is 3.09. The van der Waals surface area contributed by atoms with Gasteiger partial charge in [0, 0.05) is 21.4 Å². The molecule has 16 heavy (non-hydrogen) atoms. The molecule has 9 heteroatoms. The highest BCUT2D eigenvalue weighted by Crippen LogP contribution is 2.23. The summed E-state index contributed by atoms with van der Waals surface area (Å²) in [5.41, 5.74) is -0.166. The van der Waals surface area contributed by atoms with Crippen LogP contribution in [0.4, 0.5) is 0 Å². The molecule has 0 aliphatic heterocycles. The molecule has 0 bridgehead atoms. The molecule has 1 rings (SSSR count). The fourth-order valence-corrected chi connectivity index (χ4v) is 2.60. The van der Waals surface area contributed by atoms with Gasteiger partial charge in [-0.15, -0.1) is 0 Å². The van der Waals surface area contributed by atoms with Gasteiger partial charge in [-0.1, -0.05) is 0 Å². The lowest BCUT2D eigenvalue weighted by Crippen LogP contribution is -1.97. The highest BCUT2D eigenvalue weighted by atomic mass is 35.7. The van der Waals surface area contributed by atoms with Gasteiger partial charge in [0.1, 0.15) is 0 Å². The lowest BCUT2D eigenvalue weighted by atomic mass is 10.2. The highest BCUT2D eigenvalue weighted by molar-refractivity contribution is 8.14. The second kappa shape index (κ2) is 4.22. The number of benzene rings is 1. The number of halogens is 2. The molecular formula is C7H3Cl2NO4S2. The predicted molar refractivity (Wildman–Crippen MR) is 57.2 cm³/mol. The Morgan fingerprint density at radius 2 is 1.31 bits per heavy atom. The first-order valence-electron chi connectivity index (χ1n) is 3.59. The highest BCUT2D eigenvalue weighted by Gasteiger charge is 2.18. The van der Waals surface area contributed by atoms with E-state index in [0.717, 1.165) is 18.2 Å². The Labute approximate surface area is 101 Å². The molecule has 0 N–H and O–H groups in total. The van der Waals surface area contributed by atoms with E-state index in [1.165, 1.54) is 0 Å². The van der Waals surface area contributed by atoms with Gasteiger partial charge in [-0.3, -0.25) is 0 Å². The Morgan fingerprint density at radius 3 is 1.56 bits per heavy atom. The summed E-state index contributed by atoms with van der Waals surface area (Å²) in [6.45, 7) is 0. The fraction of sp³-hybridized carbons (Fsp3) is 0. The van der Waals surface area contributed by atoms with Crippen molar-refractivity contribution in [3.05, 3.63) is 23.8 Å². The minimum Gasteiger partial charge on any atom is -0.207 e. The lowest BCUT2D eigenvalue weighted by Gasteiger charge is -2.00. The van der Waals surface area contributed by atoms with Crippen molar-refractivity contribution in [3.8, 4) is 6.07 Å². The molecule has 0 unspecified atom stereocenters. The maximum Gasteiger partial charge on any atom is 0.261 e. The number of nitrogens with zero attached hydrogens (tertiary/aromatic N) is 1. The van der Waals surface area contributed by atoms with Gasteiger partial charge >= 0.3 is 0 Å². The number of rotatable bonds is 2. The Morgan fingerprint density at radius 1 is 0.938 bits per heavy atom. The smallest absolute Gasteiger partial charge is 0.207 e. The van der Waals surface area contributed by atoms with Gasteiger partial charge in [-0.05, 0) is 18.2 Å². The topological polar surface area (TPSA) is 92.1 Å². The third-order valence-corrected chi connectivity index (χ3v) is 4.24. The largest absolute Gasteiger partial charge is 0.261 e. The Hall–Kier alpha value is -0.810. The second-order valence-corrected chi connectivity index (χ2v) is 7.81. The van der Waals surface area contributed by atoms with E-state index in [2.05, 4.69) is 0 Å². The van der Waals surface area contributed by atoms with Gasteiger partial charge in [-0.2, -0.15) is 5.26 Å². The van der Waals surface area contributed by atoms with Crippen LogP contribution >= 0.6 is 21.4 Å². The minimum absolute atomic E-state index is 0.166. The average molecular weight is 300 g/mol. The standard InChI is InChI=1S/C7H3Cl2NO4S2/c8-15(11,12)6-1-5(4-10)2-7(3-6)16(9,13)14/h1-3H. The quantitative estimate of drug-likeness (QED) is 0.770. The van der Waals surface area contributed by atoms with Crippen LogP contribution in [0.15, 0.2) is 28.0 Å². The van der Waals surface area contributed by atoms with Gasteiger partial charge in [0.2, 0.25) is 0 Å². The van der Waals surface area contributed by atoms with Crippen LogP contribution in [-0.4, -0.2) is 16.8 Å². The van der Waals surface area contributed by atoms with Crippen molar-refractivity contribution in [2.45, 2.75) is 9.79 Å². The predicted octanol–water partition coefficient (Wildman–Crippen LogP) is 1.41. The molecule has 0 heterocycles. The molecule has 0 radical (unpaired) electrons. The van der Waals surface area contributed by atoms with Gasteiger partial charge in [-0.25, -0.2) is 16.8 Å². The van der Waals surface area contributed by atoms with Crippen molar-refractivity contribution in [2.75, 3.05) is 0 Å². The van der Waals surface area contributed by atoms with E-state index in [9.17, 15) is 16.8 Å². The van der Waals surface area contributed by atoms with Crippen molar-refractivity contribution in [2.24, 2.45) is 0 Å². The molecule has 1 aromatic carbocycles. The monoisotopic (exact) mass is 299 g/mol. The van der Waals surface area contributed by atoms with E-state index in [-0.39, 0.29) is 5.56 Å². The van der Waals surface area contributed by atoms with Gasteiger partial charge in [0.25, 0.3) is 18.1 Å². The van der Waals surface area contributed by atoms with Crippen LogP contribution in [0.2, 0.25) is 0 Å². The maximum atomic E-state index is 11.0. The summed E-state index contributed by atoms with van der Waals surface area (Å²) in [6, 6.07) is 4.29. The SMILES string of the molecule is N#Cc1cc(S(=O)(=O)Cl)cc(S(=O)(=O)Cl)c1. The van der Waals surface area contributed by atoms with Gasteiger partial charge < -0.3 is 0 Å². The molecule has 5 nitrogen and oxygen atoms in total. The Kier molecular flexibility index (Phi) is 3.50. The summed E-state index contributed by atoms with van der Waals surface area (Å²) in [5, 5.41) is 8.59. The summed E-state index contributed by atoms with van der Waals surface area (Å²) in [6.07, 6.45) is 0. The van der Waals surface area contributed by atoms with E-state index in [4.69, 9.17) is 26.6 Å².